The summed E-state index contributed by atoms with van der Waals surface area (Å²) in [6.07, 6.45) is 7.01. The maximum absolute atomic E-state index is 13.6. The van der Waals surface area contributed by atoms with Crippen LogP contribution in [0.2, 0.25) is 0 Å². The lowest BCUT2D eigenvalue weighted by Gasteiger charge is -2.45. The minimum Gasteiger partial charge on any atom is -0.469 e. The van der Waals surface area contributed by atoms with Crippen LogP contribution in [0.4, 0.5) is 11.4 Å². The fraction of sp³-hybridized carbons (Fsp3) is 0.455. The molecule has 2 aliphatic heterocycles. The van der Waals surface area contributed by atoms with Crippen LogP contribution in [0.15, 0.2) is 41.0 Å². The molecule has 146 valence electrons. The number of para-hydroxylation sites is 2. The average molecular weight is 379 g/mol. The van der Waals surface area contributed by atoms with Crippen LogP contribution in [0.3, 0.4) is 0 Å². The summed E-state index contributed by atoms with van der Waals surface area (Å²) in [7, 11) is 0. The second-order valence-corrected chi connectivity index (χ2v) is 8.12. The van der Waals surface area contributed by atoms with E-state index in [1.807, 2.05) is 35.2 Å². The fourth-order valence-corrected chi connectivity index (χ4v) is 5.04. The highest BCUT2D eigenvalue weighted by molar-refractivity contribution is 6.15. The zero-order chi connectivity index (χ0) is 19.1. The molecule has 0 atom stereocenters. The van der Waals surface area contributed by atoms with E-state index in [2.05, 4.69) is 10.2 Å². The SMILES string of the molecule is O=C(CN1CCCc2occc2C1)N1c2ccccc2NC(=O)C12CCCC2. The minimum atomic E-state index is -0.738. The maximum Gasteiger partial charge on any atom is 0.250 e. The lowest BCUT2D eigenvalue weighted by Crippen LogP contribution is -2.62. The van der Waals surface area contributed by atoms with Gasteiger partial charge < -0.3 is 9.73 Å². The van der Waals surface area contributed by atoms with Crippen molar-refractivity contribution in [3.05, 3.63) is 47.9 Å². The molecule has 1 spiro atoms. The van der Waals surface area contributed by atoms with Crippen molar-refractivity contribution in [2.45, 2.75) is 50.6 Å². The number of amides is 2. The monoisotopic (exact) mass is 379 g/mol. The predicted octanol–water partition coefficient (Wildman–Crippen LogP) is 3.33. The van der Waals surface area contributed by atoms with E-state index >= 15 is 0 Å². The summed E-state index contributed by atoms with van der Waals surface area (Å²) in [6.45, 7) is 1.88. The molecule has 3 heterocycles. The molecule has 2 amide bonds. The summed E-state index contributed by atoms with van der Waals surface area (Å²) in [5.74, 6) is 1.01. The van der Waals surface area contributed by atoms with Gasteiger partial charge in [-0.1, -0.05) is 25.0 Å². The molecule has 1 fully saturated rings. The first-order chi connectivity index (χ1) is 13.7. The number of carbonyl (C=O) groups excluding carboxylic acids is 2. The van der Waals surface area contributed by atoms with E-state index in [9.17, 15) is 9.59 Å². The van der Waals surface area contributed by atoms with Gasteiger partial charge in [0, 0.05) is 18.5 Å². The molecule has 1 aliphatic carbocycles. The van der Waals surface area contributed by atoms with E-state index < -0.39 is 5.54 Å². The zero-order valence-corrected chi connectivity index (χ0v) is 15.9. The Hall–Kier alpha value is -2.60. The smallest absolute Gasteiger partial charge is 0.250 e. The second kappa shape index (κ2) is 6.78. The quantitative estimate of drug-likeness (QED) is 0.869. The summed E-state index contributed by atoms with van der Waals surface area (Å²) in [5.41, 5.74) is 1.98. The molecule has 6 nitrogen and oxygen atoms in total. The molecule has 3 aliphatic rings. The second-order valence-electron chi connectivity index (χ2n) is 8.12. The third kappa shape index (κ3) is 2.75. The number of hydrogen-bond acceptors (Lipinski definition) is 4. The van der Waals surface area contributed by atoms with Crippen LogP contribution in [0.1, 0.15) is 43.4 Å². The maximum atomic E-state index is 13.6. The van der Waals surface area contributed by atoms with Crippen molar-refractivity contribution in [1.29, 1.82) is 0 Å². The van der Waals surface area contributed by atoms with Gasteiger partial charge in [0.1, 0.15) is 11.3 Å². The van der Waals surface area contributed by atoms with Gasteiger partial charge >= 0.3 is 0 Å². The van der Waals surface area contributed by atoms with Crippen LogP contribution in [-0.2, 0) is 22.6 Å². The Morgan fingerprint density at radius 3 is 2.82 bits per heavy atom. The van der Waals surface area contributed by atoms with Crippen LogP contribution < -0.4 is 10.2 Å². The average Bonchev–Trinajstić information content (AvgIpc) is 3.30. The minimum absolute atomic E-state index is 0.0103. The Labute approximate surface area is 164 Å². The van der Waals surface area contributed by atoms with Gasteiger partial charge in [0.25, 0.3) is 5.91 Å². The number of aryl methyl sites for hydroxylation is 1. The molecule has 6 heteroatoms. The summed E-state index contributed by atoms with van der Waals surface area (Å²) < 4.78 is 5.57. The standard InChI is InChI=1S/C22H25N3O3/c26-20(15-24-12-5-8-19-16(14-24)9-13-28-19)25-18-7-2-1-6-17(18)23-21(27)22(25)10-3-4-11-22/h1-2,6-7,9,13H,3-5,8,10-12,14-15H2,(H,23,27). The van der Waals surface area contributed by atoms with Crippen molar-refractivity contribution in [2.24, 2.45) is 0 Å². The molecule has 28 heavy (non-hydrogen) atoms. The number of fused-ring (bicyclic) bond motifs is 2. The molecule has 0 unspecified atom stereocenters. The van der Waals surface area contributed by atoms with Crippen LogP contribution in [-0.4, -0.2) is 35.3 Å². The summed E-state index contributed by atoms with van der Waals surface area (Å²) in [5, 5.41) is 3.04. The Bertz CT molecular complexity index is 913. The number of nitrogens with zero attached hydrogens (tertiary/aromatic N) is 2. The molecule has 1 aromatic heterocycles. The molecule has 1 saturated carbocycles. The predicted molar refractivity (Wildman–Crippen MR) is 106 cm³/mol. The van der Waals surface area contributed by atoms with Gasteiger partial charge in [-0.2, -0.15) is 0 Å². The van der Waals surface area contributed by atoms with Crippen molar-refractivity contribution in [3.8, 4) is 0 Å². The highest BCUT2D eigenvalue weighted by atomic mass is 16.3. The number of nitrogens with one attached hydrogen (secondary N) is 1. The first-order valence-corrected chi connectivity index (χ1v) is 10.2. The number of anilines is 2. The van der Waals surface area contributed by atoms with Gasteiger partial charge in [-0.25, -0.2) is 0 Å². The molecule has 5 rings (SSSR count). The third-order valence-electron chi connectivity index (χ3n) is 6.39. The number of carbonyl (C=O) groups is 2. The molecule has 0 bridgehead atoms. The number of benzene rings is 1. The van der Waals surface area contributed by atoms with E-state index in [-0.39, 0.29) is 11.8 Å². The van der Waals surface area contributed by atoms with Crippen LogP contribution >= 0.6 is 0 Å². The Kier molecular flexibility index (Phi) is 4.23. The molecule has 0 radical (unpaired) electrons. The van der Waals surface area contributed by atoms with Gasteiger partial charge in [-0.15, -0.1) is 0 Å². The van der Waals surface area contributed by atoms with E-state index in [1.54, 1.807) is 6.26 Å². The fourth-order valence-electron chi connectivity index (χ4n) is 5.04. The highest BCUT2D eigenvalue weighted by Gasteiger charge is 2.52. The van der Waals surface area contributed by atoms with Gasteiger partial charge in [-0.3, -0.25) is 19.4 Å². The highest BCUT2D eigenvalue weighted by Crippen LogP contribution is 2.45. The zero-order valence-electron chi connectivity index (χ0n) is 15.9. The van der Waals surface area contributed by atoms with Crippen molar-refractivity contribution in [2.75, 3.05) is 23.3 Å². The first-order valence-electron chi connectivity index (χ1n) is 10.2. The Balaban J connectivity index is 1.46. The van der Waals surface area contributed by atoms with E-state index in [0.717, 1.165) is 67.8 Å². The lowest BCUT2D eigenvalue weighted by molar-refractivity contribution is -0.128. The normalized spacial score (nSPS) is 21.1. The summed E-state index contributed by atoms with van der Waals surface area (Å²) >= 11 is 0. The van der Waals surface area contributed by atoms with Crippen LogP contribution in [0.5, 0.6) is 0 Å². The van der Waals surface area contributed by atoms with Crippen molar-refractivity contribution >= 4 is 23.2 Å². The Morgan fingerprint density at radius 2 is 1.96 bits per heavy atom. The first kappa shape index (κ1) is 17.5. The van der Waals surface area contributed by atoms with E-state index in [4.69, 9.17) is 4.42 Å². The van der Waals surface area contributed by atoms with Crippen molar-refractivity contribution < 1.29 is 14.0 Å². The molecule has 1 aromatic carbocycles. The molecular weight excluding hydrogens is 354 g/mol. The lowest BCUT2D eigenvalue weighted by atomic mass is 9.89. The van der Waals surface area contributed by atoms with Crippen LogP contribution in [0, 0.1) is 0 Å². The molecule has 0 saturated heterocycles. The van der Waals surface area contributed by atoms with Gasteiger partial charge in [0.05, 0.1) is 24.2 Å². The number of rotatable bonds is 2. The number of hydrogen-bond donors (Lipinski definition) is 1. The summed E-state index contributed by atoms with van der Waals surface area (Å²) in [6, 6.07) is 9.65. The van der Waals surface area contributed by atoms with Gasteiger partial charge in [0.15, 0.2) is 0 Å². The summed E-state index contributed by atoms with van der Waals surface area (Å²) in [4.78, 5) is 30.6. The third-order valence-corrected chi connectivity index (χ3v) is 6.39. The largest absolute Gasteiger partial charge is 0.469 e. The van der Waals surface area contributed by atoms with E-state index in [1.165, 1.54) is 0 Å². The molecule has 1 N–H and O–H groups in total. The van der Waals surface area contributed by atoms with E-state index in [0.29, 0.717) is 13.1 Å². The topological polar surface area (TPSA) is 65.8 Å². The Morgan fingerprint density at radius 1 is 1.14 bits per heavy atom. The number of furan rings is 1. The molecule has 2 aromatic rings. The van der Waals surface area contributed by atoms with Crippen LogP contribution in [0.25, 0.3) is 0 Å². The molecular formula is C22H25N3O3. The van der Waals surface area contributed by atoms with Gasteiger partial charge in [-0.05, 0) is 44.0 Å². The van der Waals surface area contributed by atoms with Crippen molar-refractivity contribution in [1.82, 2.24) is 4.90 Å². The van der Waals surface area contributed by atoms with Crippen molar-refractivity contribution in [3.63, 3.8) is 0 Å². The van der Waals surface area contributed by atoms with Gasteiger partial charge in [0.2, 0.25) is 5.91 Å².